The molecule has 0 radical (unpaired) electrons. The van der Waals surface area contributed by atoms with E-state index in [1.165, 1.54) is 13.2 Å². The Bertz CT molecular complexity index is 533. The Hall–Kier alpha value is -1.68. The van der Waals surface area contributed by atoms with Crippen molar-refractivity contribution in [1.82, 2.24) is 4.98 Å². The van der Waals surface area contributed by atoms with Crippen LogP contribution in [0.3, 0.4) is 0 Å². The van der Waals surface area contributed by atoms with Gasteiger partial charge >= 0.3 is 5.97 Å². The van der Waals surface area contributed by atoms with Crippen LogP contribution in [-0.4, -0.2) is 23.2 Å². The Morgan fingerprint density at radius 2 is 2.20 bits per heavy atom. The number of methoxy groups -OCH3 is 1. The van der Waals surface area contributed by atoms with Crippen molar-refractivity contribution in [2.45, 2.75) is 0 Å². The number of carboxylic acids is 1. The summed E-state index contributed by atoms with van der Waals surface area (Å²) in [6.07, 6.45) is 0. The smallest absolute Gasteiger partial charge is 0.352 e. The number of rotatable bonds is 2. The van der Waals surface area contributed by atoms with Crippen LogP contribution in [0.5, 0.6) is 5.75 Å². The summed E-state index contributed by atoms with van der Waals surface area (Å²) in [5.74, 6) is -0.477. The van der Waals surface area contributed by atoms with Gasteiger partial charge in [-0.05, 0) is 12.1 Å². The molecule has 15 heavy (non-hydrogen) atoms. The van der Waals surface area contributed by atoms with E-state index in [-0.39, 0.29) is 5.69 Å². The summed E-state index contributed by atoms with van der Waals surface area (Å²) in [7, 11) is 1.51. The maximum absolute atomic E-state index is 10.8. The van der Waals surface area contributed by atoms with E-state index < -0.39 is 5.97 Å². The second-order valence-electron chi connectivity index (χ2n) is 3.06. The lowest BCUT2D eigenvalue weighted by molar-refractivity contribution is 0.0691. The summed E-state index contributed by atoms with van der Waals surface area (Å²) in [5, 5.41) is 10.0. The number of carboxylic acid groups (broad SMARTS) is 1. The highest BCUT2D eigenvalue weighted by atomic mass is 35.5. The molecule has 0 amide bonds. The van der Waals surface area contributed by atoms with Crippen molar-refractivity contribution in [2.75, 3.05) is 7.11 Å². The van der Waals surface area contributed by atoms with Crippen molar-refractivity contribution in [3.8, 4) is 5.75 Å². The van der Waals surface area contributed by atoms with E-state index in [9.17, 15) is 4.79 Å². The normalized spacial score (nSPS) is 10.5. The summed E-state index contributed by atoms with van der Waals surface area (Å²) >= 11 is 5.85. The number of hydrogen-bond donors (Lipinski definition) is 2. The Morgan fingerprint density at radius 3 is 2.80 bits per heavy atom. The van der Waals surface area contributed by atoms with Gasteiger partial charge in [0.1, 0.15) is 11.4 Å². The number of aromatic amines is 1. The molecule has 0 spiro atoms. The highest BCUT2D eigenvalue weighted by molar-refractivity contribution is 6.31. The van der Waals surface area contributed by atoms with E-state index in [1.807, 2.05) is 0 Å². The van der Waals surface area contributed by atoms with E-state index in [2.05, 4.69) is 4.98 Å². The lowest BCUT2D eigenvalue weighted by atomic mass is 10.2. The van der Waals surface area contributed by atoms with Gasteiger partial charge in [-0.1, -0.05) is 11.6 Å². The molecule has 78 valence electrons. The van der Waals surface area contributed by atoms with E-state index in [0.717, 1.165) is 5.39 Å². The van der Waals surface area contributed by atoms with Gasteiger partial charge in [0.15, 0.2) is 0 Å². The third kappa shape index (κ3) is 1.64. The van der Waals surface area contributed by atoms with Gasteiger partial charge in [0.2, 0.25) is 0 Å². The minimum absolute atomic E-state index is 0.116. The van der Waals surface area contributed by atoms with Crippen LogP contribution in [0, 0.1) is 0 Å². The van der Waals surface area contributed by atoms with E-state index in [1.54, 1.807) is 12.1 Å². The number of fused-ring (bicyclic) bond motifs is 1. The minimum Gasteiger partial charge on any atom is -0.495 e. The zero-order valence-electron chi connectivity index (χ0n) is 7.87. The Kier molecular flexibility index (Phi) is 2.28. The van der Waals surface area contributed by atoms with Gasteiger partial charge in [-0.3, -0.25) is 0 Å². The second kappa shape index (κ2) is 3.47. The first kappa shape index (κ1) is 9.86. The molecule has 2 aromatic rings. The number of ether oxygens (including phenoxy) is 1. The average molecular weight is 226 g/mol. The van der Waals surface area contributed by atoms with Crippen molar-refractivity contribution in [3.05, 3.63) is 28.9 Å². The van der Waals surface area contributed by atoms with E-state index >= 15 is 0 Å². The monoisotopic (exact) mass is 225 g/mol. The van der Waals surface area contributed by atoms with Crippen LogP contribution in [0.15, 0.2) is 18.2 Å². The van der Waals surface area contributed by atoms with Crippen LogP contribution in [0.2, 0.25) is 5.02 Å². The number of carbonyl (C=O) groups is 1. The molecule has 0 unspecified atom stereocenters. The van der Waals surface area contributed by atoms with Gasteiger partial charge in [0, 0.05) is 16.5 Å². The van der Waals surface area contributed by atoms with Gasteiger partial charge in [-0.25, -0.2) is 4.79 Å². The highest BCUT2D eigenvalue weighted by Gasteiger charge is 2.11. The van der Waals surface area contributed by atoms with Crippen molar-refractivity contribution < 1.29 is 14.6 Å². The first-order valence-corrected chi connectivity index (χ1v) is 4.59. The Balaban J connectivity index is 2.74. The molecule has 0 aliphatic heterocycles. The third-order valence-electron chi connectivity index (χ3n) is 2.11. The van der Waals surface area contributed by atoms with Crippen LogP contribution >= 0.6 is 11.6 Å². The lowest BCUT2D eigenvalue weighted by Gasteiger charge is -2.01. The molecule has 1 heterocycles. The number of hydrogen-bond acceptors (Lipinski definition) is 2. The summed E-state index contributed by atoms with van der Waals surface area (Å²) < 4.78 is 5.09. The number of aromatic carboxylic acids is 1. The molecule has 2 rings (SSSR count). The molecule has 0 fully saturated rings. The molecule has 0 bridgehead atoms. The quantitative estimate of drug-likeness (QED) is 0.826. The molecule has 1 aromatic carbocycles. The van der Waals surface area contributed by atoms with E-state index in [4.69, 9.17) is 21.4 Å². The third-order valence-corrected chi connectivity index (χ3v) is 2.33. The number of halogens is 1. The van der Waals surface area contributed by atoms with Crippen molar-refractivity contribution in [2.24, 2.45) is 0 Å². The first-order chi connectivity index (χ1) is 7.11. The fourth-order valence-corrected chi connectivity index (χ4v) is 1.67. The molecule has 0 saturated carbocycles. The van der Waals surface area contributed by atoms with Crippen molar-refractivity contribution >= 4 is 28.5 Å². The molecule has 0 aliphatic rings. The number of nitrogens with one attached hydrogen (secondary N) is 1. The van der Waals surface area contributed by atoms with E-state index in [0.29, 0.717) is 16.3 Å². The van der Waals surface area contributed by atoms with Crippen LogP contribution in [-0.2, 0) is 0 Å². The van der Waals surface area contributed by atoms with Crippen molar-refractivity contribution in [1.29, 1.82) is 0 Å². The summed E-state index contributed by atoms with van der Waals surface area (Å²) in [6.45, 7) is 0. The van der Waals surface area contributed by atoms with Crippen LogP contribution in [0.4, 0.5) is 0 Å². The zero-order valence-corrected chi connectivity index (χ0v) is 8.63. The molecule has 0 aliphatic carbocycles. The maximum atomic E-state index is 10.8. The molecule has 0 atom stereocenters. The topological polar surface area (TPSA) is 62.3 Å². The van der Waals surface area contributed by atoms with Gasteiger partial charge < -0.3 is 14.8 Å². The maximum Gasteiger partial charge on any atom is 0.352 e. The molecular weight excluding hydrogens is 218 g/mol. The summed E-state index contributed by atoms with van der Waals surface area (Å²) in [6, 6.07) is 4.83. The molecular formula is C10H8ClNO3. The SMILES string of the molecule is COc1cc(Cl)cc2cc(C(=O)O)[nH]c12. The number of H-pyrrole nitrogens is 1. The standard InChI is InChI=1S/C10H8ClNO3/c1-15-8-4-6(11)2-5-3-7(10(13)14)12-9(5)8/h2-4,12H,1H3,(H,13,14). The van der Waals surface area contributed by atoms with Crippen LogP contribution in [0.25, 0.3) is 10.9 Å². The molecule has 2 N–H and O–H groups in total. The van der Waals surface area contributed by atoms with Gasteiger partial charge in [-0.2, -0.15) is 0 Å². The first-order valence-electron chi connectivity index (χ1n) is 4.21. The summed E-state index contributed by atoms with van der Waals surface area (Å²) in [5.41, 5.74) is 0.755. The predicted molar refractivity (Wildman–Crippen MR) is 56.8 cm³/mol. The van der Waals surface area contributed by atoms with Gasteiger partial charge in [-0.15, -0.1) is 0 Å². The van der Waals surface area contributed by atoms with Crippen LogP contribution in [0.1, 0.15) is 10.5 Å². The Labute approximate surface area is 90.4 Å². The van der Waals surface area contributed by atoms with Crippen molar-refractivity contribution in [3.63, 3.8) is 0 Å². The predicted octanol–water partition coefficient (Wildman–Crippen LogP) is 2.53. The average Bonchev–Trinajstić information content (AvgIpc) is 2.59. The summed E-state index contributed by atoms with van der Waals surface area (Å²) in [4.78, 5) is 13.5. The fraction of sp³-hybridized carbons (Fsp3) is 0.100. The minimum atomic E-state index is -1.01. The van der Waals surface area contributed by atoms with Gasteiger partial charge in [0.25, 0.3) is 0 Å². The lowest BCUT2D eigenvalue weighted by Crippen LogP contribution is -1.95. The molecule has 1 aromatic heterocycles. The van der Waals surface area contributed by atoms with Crippen LogP contribution < -0.4 is 4.74 Å². The highest BCUT2D eigenvalue weighted by Crippen LogP contribution is 2.29. The largest absolute Gasteiger partial charge is 0.495 e. The zero-order chi connectivity index (χ0) is 11.0. The molecule has 4 nitrogen and oxygen atoms in total. The molecule has 5 heteroatoms. The Morgan fingerprint density at radius 1 is 1.47 bits per heavy atom. The number of benzene rings is 1. The fourth-order valence-electron chi connectivity index (χ4n) is 1.45. The number of aromatic nitrogens is 1. The molecule has 0 saturated heterocycles. The second-order valence-corrected chi connectivity index (χ2v) is 3.50. The van der Waals surface area contributed by atoms with Gasteiger partial charge in [0.05, 0.1) is 12.6 Å².